The standard InChI is InChI=1S/C18H25N3O2/c1-14(2)17-15(8-19-10-18(11-22)12-23-13-18)9-21(20-17)16-6-4-3-5-7-16/h3-7,9,14,19,22H,8,10-13H2,1-2H3. The van der Waals surface area contributed by atoms with E-state index in [-0.39, 0.29) is 12.0 Å². The van der Waals surface area contributed by atoms with E-state index in [2.05, 4.69) is 37.5 Å². The summed E-state index contributed by atoms with van der Waals surface area (Å²) in [7, 11) is 0. The van der Waals surface area contributed by atoms with Crippen LogP contribution in [-0.4, -0.2) is 41.3 Å². The molecule has 3 rings (SSSR count). The molecule has 23 heavy (non-hydrogen) atoms. The van der Waals surface area contributed by atoms with Crippen LogP contribution in [0.25, 0.3) is 5.69 Å². The van der Waals surface area contributed by atoms with E-state index < -0.39 is 0 Å². The van der Waals surface area contributed by atoms with E-state index in [1.165, 1.54) is 5.56 Å². The van der Waals surface area contributed by atoms with Gasteiger partial charge in [-0.05, 0) is 18.1 Å². The number of hydrogen-bond acceptors (Lipinski definition) is 4. The lowest BCUT2D eigenvalue weighted by Gasteiger charge is -2.40. The van der Waals surface area contributed by atoms with Crippen molar-refractivity contribution in [2.75, 3.05) is 26.4 Å². The average molecular weight is 315 g/mol. The van der Waals surface area contributed by atoms with E-state index in [0.29, 0.717) is 19.1 Å². The summed E-state index contributed by atoms with van der Waals surface area (Å²) in [5.74, 6) is 0.371. The van der Waals surface area contributed by atoms with Crippen LogP contribution in [-0.2, 0) is 11.3 Å². The van der Waals surface area contributed by atoms with Gasteiger partial charge in [0.05, 0.1) is 36.6 Å². The third kappa shape index (κ3) is 3.47. The molecule has 0 amide bonds. The second-order valence-electron chi connectivity index (χ2n) is 6.73. The number of rotatable bonds is 7. The second kappa shape index (κ2) is 6.83. The van der Waals surface area contributed by atoms with Crippen LogP contribution in [0.2, 0.25) is 0 Å². The third-order valence-corrected chi connectivity index (χ3v) is 4.36. The summed E-state index contributed by atoms with van der Waals surface area (Å²) in [6.45, 7) is 7.28. The third-order valence-electron chi connectivity index (χ3n) is 4.36. The van der Waals surface area contributed by atoms with Gasteiger partial charge in [-0.3, -0.25) is 0 Å². The first-order valence-corrected chi connectivity index (χ1v) is 8.17. The molecule has 0 unspecified atom stereocenters. The Kier molecular flexibility index (Phi) is 4.80. The Morgan fingerprint density at radius 3 is 2.61 bits per heavy atom. The summed E-state index contributed by atoms with van der Waals surface area (Å²) in [6, 6.07) is 10.2. The maximum Gasteiger partial charge on any atom is 0.0699 e. The van der Waals surface area contributed by atoms with Crippen molar-refractivity contribution < 1.29 is 9.84 Å². The van der Waals surface area contributed by atoms with Gasteiger partial charge in [0.25, 0.3) is 0 Å². The molecule has 0 spiro atoms. The van der Waals surface area contributed by atoms with Crippen LogP contribution in [0.15, 0.2) is 36.5 Å². The van der Waals surface area contributed by atoms with E-state index in [4.69, 9.17) is 9.84 Å². The Bertz CT molecular complexity index is 627. The van der Waals surface area contributed by atoms with Gasteiger partial charge in [0, 0.05) is 24.8 Å². The lowest BCUT2D eigenvalue weighted by atomic mass is 9.87. The van der Waals surface area contributed by atoms with Gasteiger partial charge >= 0.3 is 0 Å². The summed E-state index contributed by atoms with van der Waals surface area (Å²) >= 11 is 0. The Hall–Kier alpha value is -1.69. The predicted octanol–water partition coefficient (Wildman–Crippen LogP) is 2.09. The molecule has 1 aromatic heterocycles. The highest BCUT2D eigenvalue weighted by Crippen LogP contribution is 2.26. The molecule has 1 saturated heterocycles. The van der Waals surface area contributed by atoms with Gasteiger partial charge in [0.1, 0.15) is 0 Å². The van der Waals surface area contributed by atoms with Crippen LogP contribution in [0.4, 0.5) is 0 Å². The van der Waals surface area contributed by atoms with Crippen molar-refractivity contribution in [3.05, 3.63) is 47.8 Å². The van der Waals surface area contributed by atoms with Crippen LogP contribution in [0.5, 0.6) is 0 Å². The van der Waals surface area contributed by atoms with Gasteiger partial charge in [0.15, 0.2) is 0 Å². The van der Waals surface area contributed by atoms with Crippen molar-refractivity contribution in [3.63, 3.8) is 0 Å². The molecule has 0 aliphatic carbocycles. The molecule has 1 aromatic carbocycles. The van der Waals surface area contributed by atoms with Crippen molar-refractivity contribution in [3.8, 4) is 5.69 Å². The van der Waals surface area contributed by atoms with E-state index in [9.17, 15) is 5.11 Å². The van der Waals surface area contributed by atoms with Gasteiger partial charge in [0.2, 0.25) is 0 Å². The van der Waals surface area contributed by atoms with Crippen LogP contribution >= 0.6 is 0 Å². The van der Waals surface area contributed by atoms with Crippen molar-refractivity contribution in [1.82, 2.24) is 15.1 Å². The molecular weight excluding hydrogens is 290 g/mol. The molecule has 2 N–H and O–H groups in total. The molecule has 0 bridgehead atoms. The molecule has 1 fully saturated rings. The fourth-order valence-corrected chi connectivity index (χ4v) is 2.86. The lowest BCUT2D eigenvalue weighted by Crippen LogP contribution is -2.52. The molecule has 1 aliphatic heterocycles. The number of ether oxygens (including phenoxy) is 1. The van der Waals surface area contributed by atoms with Gasteiger partial charge in [-0.15, -0.1) is 0 Å². The van der Waals surface area contributed by atoms with Gasteiger partial charge < -0.3 is 15.2 Å². The second-order valence-corrected chi connectivity index (χ2v) is 6.73. The smallest absolute Gasteiger partial charge is 0.0699 e. The fraction of sp³-hybridized carbons (Fsp3) is 0.500. The molecule has 5 nitrogen and oxygen atoms in total. The highest BCUT2D eigenvalue weighted by atomic mass is 16.5. The Labute approximate surface area is 137 Å². The van der Waals surface area contributed by atoms with E-state index >= 15 is 0 Å². The van der Waals surface area contributed by atoms with Crippen molar-refractivity contribution in [2.24, 2.45) is 5.41 Å². The first-order chi connectivity index (χ1) is 11.1. The van der Waals surface area contributed by atoms with Gasteiger partial charge in [-0.1, -0.05) is 32.0 Å². The number of hydrogen-bond donors (Lipinski definition) is 2. The van der Waals surface area contributed by atoms with Crippen LogP contribution in [0, 0.1) is 5.41 Å². The van der Waals surface area contributed by atoms with Crippen molar-refractivity contribution >= 4 is 0 Å². The number of aliphatic hydroxyl groups is 1. The van der Waals surface area contributed by atoms with Crippen molar-refractivity contribution in [1.29, 1.82) is 0 Å². The Morgan fingerprint density at radius 1 is 1.30 bits per heavy atom. The van der Waals surface area contributed by atoms with Gasteiger partial charge in [-0.2, -0.15) is 5.10 Å². The normalized spacial score (nSPS) is 16.5. The monoisotopic (exact) mass is 315 g/mol. The maximum absolute atomic E-state index is 9.49. The molecule has 5 heteroatoms. The van der Waals surface area contributed by atoms with E-state index in [1.54, 1.807) is 0 Å². The molecule has 2 aromatic rings. The predicted molar refractivity (Wildman–Crippen MR) is 89.7 cm³/mol. The summed E-state index contributed by atoms with van der Waals surface area (Å²) in [6.07, 6.45) is 2.10. The molecule has 1 aliphatic rings. The first kappa shape index (κ1) is 16.2. The minimum absolute atomic E-state index is 0.104. The van der Waals surface area contributed by atoms with Crippen LogP contribution in [0.1, 0.15) is 31.0 Å². The number of benzene rings is 1. The average Bonchev–Trinajstić information content (AvgIpc) is 2.95. The molecule has 0 radical (unpaired) electrons. The lowest BCUT2D eigenvalue weighted by molar-refractivity contribution is -0.134. The summed E-state index contributed by atoms with van der Waals surface area (Å²) in [5.41, 5.74) is 3.29. The zero-order valence-corrected chi connectivity index (χ0v) is 13.8. The Morgan fingerprint density at radius 2 is 2.04 bits per heavy atom. The van der Waals surface area contributed by atoms with Crippen LogP contribution in [0.3, 0.4) is 0 Å². The number of nitrogens with one attached hydrogen (secondary N) is 1. The minimum Gasteiger partial charge on any atom is -0.396 e. The number of nitrogens with zero attached hydrogens (tertiary/aromatic N) is 2. The van der Waals surface area contributed by atoms with E-state index in [1.807, 2.05) is 22.9 Å². The highest BCUT2D eigenvalue weighted by molar-refractivity contribution is 5.33. The maximum atomic E-state index is 9.49. The molecular formula is C18H25N3O2. The summed E-state index contributed by atoms with van der Waals surface area (Å²) in [4.78, 5) is 0. The van der Waals surface area contributed by atoms with Crippen molar-refractivity contribution in [2.45, 2.75) is 26.3 Å². The fourth-order valence-electron chi connectivity index (χ4n) is 2.86. The largest absolute Gasteiger partial charge is 0.396 e. The number of aliphatic hydroxyl groups excluding tert-OH is 1. The highest BCUT2D eigenvalue weighted by Gasteiger charge is 2.37. The Balaban J connectivity index is 1.72. The SMILES string of the molecule is CC(C)c1nn(-c2ccccc2)cc1CNCC1(CO)COC1. The summed E-state index contributed by atoms with van der Waals surface area (Å²) < 4.78 is 7.18. The number of para-hydroxylation sites is 1. The first-order valence-electron chi connectivity index (χ1n) is 8.17. The topological polar surface area (TPSA) is 59.3 Å². The molecule has 2 heterocycles. The van der Waals surface area contributed by atoms with Gasteiger partial charge in [-0.25, -0.2) is 4.68 Å². The molecule has 0 saturated carbocycles. The molecule has 0 atom stereocenters. The summed E-state index contributed by atoms with van der Waals surface area (Å²) in [5, 5.41) is 17.7. The minimum atomic E-state index is -0.104. The number of aromatic nitrogens is 2. The zero-order valence-electron chi connectivity index (χ0n) is 13.8. The zero-order chi connectivity index (χ0) is 16.3. The quantitative estimate of drug-likeness (QED) is 0.821. The van der Waals surface area contributed by atoms with E-state index in [0.717, 1.165) is 24.5 Å². The molecule has 124 valence electrons. The van der Waals surface area contributed by atoms with Crippen LogP contribution < -0.4 is 5.32 Å².